The van der Waals surface area contributed by atoms with Crippen molar-refractivity contribution in [1.82, 2.24) is 4.98 Å². The van der Waals surface area contributed by atoms with Crippen molar-refractivity contribution in [2.45, 2.75) is 26.4 Å². The molecule has 0 radical (unpaired) electrons. The molecule has 0 spiro atoms. The number of carbonyl (C=O) groups is 1. The summed E-state index contributed by atoms with van der Waals surface area (Å²) in [6.07, 6.45) is -5.44. The van der Waals surface area contributed by atoms with Gasteiger partial charge in [0, 0.05) is 5.56 Å². The Bertz CT molecular complexity index is 505. The molecule has 0 unspecified atom stereocenters. The first kappa shape index (κ1) is 17.0. The fraction of sp³-hybridized carbons (Fsp3) is 0.500. The zero-order valence-electron chi connectivity index (χ0n) is 11.3. The average molecular weight is 311 g/mol. The number of hydrogen-bond donors (Lipinski definition) is 0. The second kappa shape index (κ2) is 7.09. The van der Waals surface area contributed by atoms with Gasteiger partial charge in [0.15, 0.2) is 0 Å². The summed E-state index contributed by atoms with van der Waals surface area (Å²) in [6.45, 7) is 0.455. The molecule has 0 saturated heterocycles. The minimum absolute atomic E-state index is 0.0229. The monoisotopic (exact) mass is 311 g/mol. The molecule has 0 saturated carbocycles. The van der Waals surface area contributed by atoms with Crippen LogP contribution in [0.3, 0.4) is 0 Å². The molecule has 0 aliphatic rings. The molecule has 0 atom stereocenters. The summed E-state index contributed by atoms with van der Waals surface area (Å²) < 4.78 is 62.7. The lowest BCUT2D eigenvalue weighted by atomic mass is 10.2. The van der Waals surface area contributed by atoms with E-state index in [0.29, 0.717) is 0 Å². The maximum atomic E-state index is 12.8. The maximum Gasteiger partial charge on any atom is 0.574 e. The number of carbonyl (C=O) groups excluding carboxylic acids is 1. The highest BCUT2D eigenvalue weighted by Gasteiger charge is 2.33. The third-order valence-corrected chi connectivity index (χ3v) is 2.29. The van der Waals surface area contributed by atoms with Gasteiger partial charge in [-0.1, -0.05) is 0 Å². The fourth-order valence-electron chi connectivity index (χ4n) is 1.50. The van der Waals surface area contributed by atoms with E-state index < -0.39 is 36.9 Å². The van der Waals surface area contributed by atoms with Crippen LogP contribution in [0.15, 0.2) is 6.07 Å². The second-order valence-electron chi connectivity index (χ2n) is 3.76. The predicted molar refractivity (Wildman–Crippen MR) is 62.6 cm³/mol. The first-order chi connectivity index (χ1) is 9.80. The maximum absolute atomic E-state index is 12.8. The SMILES string of the molecule is CCOC(=O)Cc1nc(OC(F)(F)F)c(CF)cc1OC. The summed E-state index contributed by atoms with van der Waals surface area (Å²) in [4.78, 5) is 14.9. The van der Waals surface area contributed by atoms with E-state index >= 15 is 0 Å². The van der Waals surface area contributed by atoms with Crippen LogP contribution in [0.4, 0.5) is 17.6 Å². The topological polar surface area (TPSA) is 57.7 Å². The fourth-order valence-corrected chi connectivity index (χ4v) is 1.50. The normalized spacial score (nSPS) is 11.1. The van der Waals surface area contributed by atoms with E-state index in [2.05, 4.69) is 14.5 Å². The smallest absolute Gasteiger partial charge is 0.495 e. The minimum Gasteiger partial charge on any atom is -0.495 e. The molecule has 0 N–H and O–H groups in total. The Morgan fingerprint density at radius 1 is 1.38 bits per heavy atom. The standard InChI is InChI=1S/C12H13F4NO4/c1-3-20-10(18)5-8-9(19-2)4-7(6-13)11(17-8)21-12(14,15)16/h4H,3,5-6H2,1-2H3. The van der Waals surface area contributed by atoms with E-state index in [4.69, 9.17) is 4.74 Å². The summed E-state index contributed by atoms with van der Waals surface area (Å²) in [5, 5.41) is 0. The highest BCUT2D eigenvalue weighted by molar-refractivity contribution is 5.73. The van der Waals surface area contributed by atoms with Crippen LogP contribution in [0.25, 0.3) is 0 Å². The Kier molecular flexibility index (Phi) is 5.74. The number of pyridine rings is 1. The lowest BCUT2D eigenvalue weighted by molar-refractivity contribution is -0.276. The van der Waals surface area contributed by atoms with E-state index in [1.807, 2.05) is 0 Å². The second-order valence-corrected chi connectivity index (χ2v) is 3.76. The molecular weight excluding hydrogens is 298 g/mol. The van der Waals surface area contributed by atoms with Gasteiger partial charge in [0.2, 0.25) is 5.88 Å². The number of methoxy groups -OCH3 is 1. The molecule has 1 rings (SSSR count). The van der Waals surface area contributed by atoms with Crippen molar-refractivity contribution in [3.05, 3.63) is 17.3 Å². The van der Waals surface area contributed by atoms with Gasteiger partial charge in [-0.15, -0.1) is 13.2 Å². The van der Waals surface area contributed by atoms with Gasteiger partial charge < -0.3 is 14.2 Å². The van der Waals surface area contributed by atoms with Crippen LogP contribution in [0.5, 0.6) is 11.6 Å². The molecule has 1 aromatic rings. The lowest BCUT2D eigenvalue weighted by Crippen LogP contribution is -2.20. The highest BCUT2D eigenvalue weighted by Crippen LogP contribution is 2.30. The van der Waals surface area contributed by atoms with Crippen molar-refractivity contribution in [3.8, 4) is 11.6 Å². The number of halogens is 4. The van der Waals surface area contributed by atoms with Gasteiger partial charge in [0.25, 0.3) is 0 Å². The van der Waals surface area contributed by atoms with Crippen LogP contribution in [-0.4, -0.2) is 31.0 Å². The first-order valence-electron chi connectivity index (χ1n) is 5.84. The van der Waals surface area contributed by atoms with Crippen molar-refractivity contribution < 1.29 is 36.6 Å². The van der Waals surface area contributed by atoms with Crippen molar-refractivity contribution in [2.24, 2.45) is 0 Å². The molecule has 0 fully saturated rings. The molecule has 1 aromatic heterocycles. The molecule has 21 heavy (non-hydrogen) atoms. The van der Waals surface area contributed by atoms with Crippen molar-refractivity contribution >= 4 is 5.97 Å². The Morgan fingerprint density at radius 2 is 2.05 bits per heavy atom. The zero-order valence-corrected chi connectivity index (χ0v) is 11.3. The molecule has 118 valence electrons. The molecule has 0 aliphatic carbocycles. The Hall–Kier alpha value is -2.06. The van der Waals surface area contributed by atoms with Crippen LogP contribution in [-0.2, 0) is 22.6 Å². The first-order valence-corrected chi connectivity index (χ1v) is 5.84. The lowest BCUT2D eigenvalue weighted by Gasteiger charge is -2.14. The summed E-state index contributed by atoms with van der Waals surface area (Å²) >= 11 is 0. The van der Waals surface area contributed by atoms with E-state index in [1.165, 1.54) is 7.11 Å². The van der Waals surface area contributed by atoms with Crippen LogP contribution in [0, 0.1) is 0 Å². The van der Waals surface area contributed by atoms with Gasteiger partial charge >= 0.3 is 12.3 Å². The average Bonchev–Trinajstić information content (AvgIpc) is 2.37. The number of aromatic nitrogens is 1. The van der Waals surface area contributed by atoms with E-state index in [9.17, 15) is 22.4 Å². The molecule has 9 heteroatoms. The molecule has 0 amide bonds. The Balaban J connectivity index is 3.16. The van der Waals surface area contributed by atoms with Crippen LogP contribution in [0.2, 0.25) is 0 Å². The van der Waals surface area contributed by atoms with Gasteiger partial charge in [-0.25, -0.2) is 9.37 Å². The third kappa shape index (κ3) is 5.09. The summed E-state index contributed by atoms with van der Waals surface area (Å²) in [7, 11) is 1.22. The number of rotatable bonds is 6. The summed E-state index contributed by atoms with van der Waals surface area (Å²) in [6, 6.07) is 1.00. The van der Waals surface area contributed by atoms with Crippen LogP contribution >= 0.6 is 0 Å². The number of nitrogens with zero attached hydrogens (tertiary/aromatic N) is 1. The van der Waals surface area contributed by atoms with Gasteiger partial charge in [-0.2, -0.15) is 0 Å². The number of alkyl halides is 4. The van der Waals surface area contributed by atoms with Crippen molar-refractivity contribution in [2.75, 3.05) is 13.7 Å². The van der Waals surface area contributed by atoms with Crippen molar-refractivity contribution in [3.63, 3.8) is 0 Å². The Morgan fingerprint density at radius 3 is 2.52 bits per heavy atom. The van der Waals surface area contributed by atoms with Crippen LogP contribution < -0.4 is 9.47 Å². The molecular formula is C12H13F4NO4. The quantitative estimate of drug-likeness (QED) is 0.597. The summed E-state index contributed by atoms with van der Waals surface area (Å²) in [5.41, 5.74) is -0.566. The molecule has 0 bridgehead atoms. The zero-order chi connectivity index (χ0) is 16.0. The Labute approximate surface area is 117 Å². The molecule has 0 aliphatic heterocycles. The number of hydrogen-bond acceptors (Lipinski definition) is 5. The van der Waals surface area contributed by atoms with E-state index in [0.717, 1.165) is 6.07 Å². The molecule has 5 nitrogen and oxygen atoms in total. The molecule has 1 heterocycles. The largest absolute Gasteiger partial charge is 0.574 e. The minimum atomic E-state index is -5.02. The molecule has 0 aromatic carbocycles. The number of ether oxygens (including phenoxy) is 3. The third-order valence-electron chi connectivity index (χ3n) is 2.29. The number of esters is 1. The van der Waals surface area contributed by atoms with Gasteiger partial charge in [0.05, 0.1) is 25.8 Å². The van der Waals surface area contributed by atoms with Crippen molar-refractivity contribution in [1.29, 1.82) is 0 Å². The van der Waals surface area contributed by atoms with Gasteiger partial charge in [0.1, 0.15) is 12.4 Å². The highest BCUT2D eigenvalue weighted by atomic mass is 19.4. The van der Waals surface area contributed by atoms with E-state index in [1.54, 1.807) is 6.92 Å². The van der Waals surface area contributed by atoms with Crippen LogP contribution in [0.1, 0.15) is 18.2 Å². The van der Waals surface area contributed by atoms with E-state index in [-0.39, 0.29) is 18.1 Å². The van der Waals surface area contributed by atoms with Gasteiger partial charge in [-0.05, 0) is 13.0 Å². The van der Waals surface area contributed by atoms with Gasteiger partial charge in [-0.3, -0.25) is 4.79 Å². The predicted octanol–water partition coefficient (Wildman–Crippen LogP) is 2.56. The summed E-state index contributed by atoms with van der Waals surface area (Å²) in [5.74, 6) is -1.68.